The van der Waals surface area contributed by atoms with Gasteiger partial charge in [0.1, 0.15) is 5.82 Å². The molecule has 3 rings (SSSR count). The molecule has 6 heteroatoms. The summed E-state index contributed by atoms with van der Waals surface area (Å²) in [6.07, 6.45) is 0.914. The third-order valence-electron chi connectivity index (χ3n) is 3.27. The second kappa shape index (κ2) is 5.28. The first kappa shape index (κ1) is 13.2. The molecule has 1 N–H and O–H groups in total. The van der Waals surface area contributed by atoms with Gasteiger partial charge in [0, 0.05) is 23.6 Å². The number of carbonyl (C=O) groups is 1. The fraction of sp³-hybridized carbons (Fsp3) is 0.286. The van der Waals surface area contributed by atoms with Gasteiger partial charge >= 0.3 is 6.03 Å². The van der Waals surface area contributed by atoms with Gasteiger partial charge in [-0.15, -0.1) is 0 Å². The number of anilines is 2. The van der Waals surface area contributed by atoms with Crippen molar-refractivity contribution in [3.63, 3.8) is 0 Å². The molecule has 104 valence electrons. The summed E-state index contributed by atoms with van der Waals surface area (Å²) in [5.74, 6) is 0.860. The fourth-order valence-electron chi connectivity index (χ4n) is 2.36. The Balaban J connectivity index is 1.84. The molecular formula is C14H15BrN4O. The molecule has 2 aromatic rings. The monoisotopic (exact) mass is 334 g/mol. The van der Waals surface area contributed by atoms with Crippen LogP contribution in [0.3, 0.4) is 0 Å². The van der Waals surface area contributed by atoms with Crippen molar-refractivity contribution >= 4 is 33.5 Å². The zero-order chi connectivity index (χ0) is 14.1. The summed E-state index contributed by atoms with van der Waals surface area (Å²) in [6, 6.07) is 9.40. The zero-order valence-electron chi connectivity index (χ0n) is 11.1. The topological polar surface area (TPSA) is 50.2 Å². The number of para-hydroxylation sites is 1. The molecule has 0 fully saturated rings. The van der Waals surface area contributed by atoms with Crippen LogP contribution < -0.4 is 10.2 Å². The molecule has 2 heterocycles. The van der Waals surface area contributed by atoms with Crippen LogP contribution in [-0.4, -0.2) is 22.4 Å². The van der Waals surface area contributed by atoms with Crippen LogP contribution in [0.2, 0.25) is 0 Å². The van der Waals surface area contributed by atoms with Crippen molar-refractivity contribution in [3.8, 4) is 0 Å². The highest BCUT2D eigenvalue weighted by atomic mass is 79.9. The molecule has 1 aromatic heterocycles. The maximum atomic E-state index is 12.4. The van der Waals surface area contributed by atoms with E-state index < -0.39 is 0 Å². The minimum Gasteiger partial charge on any atom is -0.306 e. The number of nitrogens with one attached hydrogen (secondary N) is 1. The van der Waals surface area contributed by atoms with Gasteiger partial charge in [-0.25, -0.2) is 9.48 Å². The van der Waals surface area contributed by atoms with Crippen LogP contribution in [0.1, 0.15) is 12.1 Å². The van der Waals surface area contributed by atoms with Crippen molar-refractivity contribution in [1.82, 2.24) is 9.78 Å². The number of rotatable bonds is 1. The fourth-order valence-corrected chi connectivity index (χ4v) is 2.74. The van der Waals surface area contributed by atoms with Crippen molar-refractivity contribution < 1.29 is 4.79 Å². The highest BCUT2D eigenvalue weighted by molar-refractivity contribution is 9.10. The van der Waals surface area contributed by atoms with Crippen LogP contribution in [0.5, 0.6) is 0 Å². The van der Waals surface area contributed by atoms with E-state index in [9.17, 15) is 4.79 Å². The number of aryl methyl sites for hydroxylation is 2. The number of hydrogen-bond acceptors (Lipinski definition) is 2. The third-order valence-corrected chi connectivity index (χ3v) is 3.96. The predicted octanol–water partition coefficient (Wildman–Crippen LogP) is 3.40. The Bertz CT molecular complexity index is 652. The van der Waals surface area contributed by atoms with Crippen LogP contribution in [0.25, 0.3) is 0 Å². The van der Waals surface area contributed by atoms with Crippen molar-refractivity contribution in [2.24, 2.45) is 0 Å². The average Bonchev–Trinajstić information content (AvgIpc) is 2.81. The standard InChI is InChI=1S/C14H15BrN4O/c1-10-9-13-18(7-4-8-19(13)17-10)14(20)16-12-6-3-2-5-11(12)15/h2-3,5-6,9H,4,7-8H2,1H3,(H,16,20). The van der Waals surface area contributed by atoms with E-state index in [0.717, 1.165) is 34.6 Å². The van der Waals surface area contributed by atoms with Gasteiger partial charge in [-0.1, -0.05) is 12.1 Å². The van der Waals surface area contributed by atoms with Gasteiger partial charge in [-0.3, -0.25) is 4.90 Å². The molecular weight excluding hydrogens is 320 g/mol. The predicted molar refractivity (Wildman–Crippen MR) is 82.1 cm³/mol. The van der Waals surface area contributed by atoms with E-state index in [0.29, 0.717) is 6.54 Å². The van der Waals surface area contributed by atoms with E-state index in [1.165, 1.54) is 0 Å². The molecule has 1 aliphatic heterocycles. The number of benzene rings is 1. The van der Waals surface area contributed by atoms with E-state index in [1.54, 1.807) is 4.90 Å². The molecule has 1 aliphatic rings. The Morgan fingerprint density at radius 2 is 2.15 bits per heavy atom. The number of nitrogens with zero attached hydrogens (tertiary/aromatic N) is 3. The van der Waals surface area contributed by atoms with E-state index >= 15 is 0 Å². The van der Waals surface area contributed by atoms with Gasteiger partial charge < -0.3 is 5.32 Å². The molecule has 0 saturated heterocycles. The molecule has 0 saturated carbocycles. The number of fused-ring (bicyclic) bond motifs is 1. The Labute approximate surface area is 125 Å². The first-order chi connectivity index (χ1) is 9.65. The number of halogens is 1. The number of aromatic nitrogens is 2. The SMILES string of the molecule is Cc1cc2n(n1)CCCN2C(=O)Nc1ccccc1Br. The van der Waals surface area contributed by atoms with E-state index in [-0.39, 0.29) is 6.03 Å². The Hall–Kier alpha value is -1.82. The maximum Gasteiger partial charge on any atom is 0.327 e. The summed E-state index contributed by atoms with van der Waals surface area (Å²) in [7, 11) is 0. The first-order valence-corrected chi connectivity index (χ1v) is 7.32. The van der Waals surface area contributed by atoms with Crippen LogP contribution in [0.15, 0.2) is 34.8 Å². The van der Waals surface area contributed by atoms with Crippen molar-refractivity contribution in [3.05, 3.63) is 40.5 Å². The molecule has 0 atom stereocenters. The highest BCUT2D eigenvalue weighted by Crippen LogP contribution is 2.25. The van der Waals surface area contributed by atoms with Crippen LogP contribution in [-0.2, 0) is 6.54 Å². The molecule has 20 heavy (non-hydrogen) atoms. The van der Waals surface area contributed by atoms with E-state index in [4.69, 9.17) is 0 Å². The lowest BCUT2D eigenvalue weighted by atomic mass is 10.3. The minimum absolute atomic E-state index is 0.127. The number of urea groups is 1. The first-order valence-electron chi connectivity index (χ1n) is 6.52. The van der Waals surface area contributed by atoms with Gasteiger partial charge in [-0.2, -0.15) is 5.10 Å². The Kier molecular flexibility index (Phi) is 3.48. The summed E-state index contributed by atoms with van der Waals surface area (Å²) in [5.41, 5.74) is 1.70. The quantitative estimate of drug-likeness (QED) is 0.868. The Morgan fingerprint density at radius 1 is 1.35 bits per heavy atom. The molecule has 0 spiro atoms. The summed E-state index contributed by atoms with van der Waals surface area (Å²) in [6.45, 7) is 3.51. The molecule has 0 radical (unpaired) electrons. The van der Waals surface area contributed by atoms with Crippen molar-refractivity contribution in [1.29, 1.82) is 0 Å². The zero-order valence-corrected chi connectivity index (χ0v) is 12.7. The second-order valence-electron chi connectivity index (χ2n) is 4.78. The van der Waals surface area contributed by atoms with Gasteiger partial charge in [-0.05, 0) is 41.4 Å². The van der Waals surface area contributed by atoms with Gasteiger partial charge in [0.05, 0.1) is 11.4 Å². The smallest absolute Gasteiger partial charge is 0.306 e. The van der Waals surface area contributed by atoms with Gasteiger partial charge in [0.2, 0.25) is 0 Å². The largest absolute Gasteiger partial charge is 0.327 e. The van der Waals surface area contributed by atoms with Crippen LogP contribution in [0, 0.1) is 6.92 Å². The second-order valence-corrected chi connectivity index (χ2v) is 5.64. The lowest BCUT2D eigenvalue weighted by molar-refractivity contribution is 0.255. The summed E-state index contributed by atoms with van der Waals surface area (Å²) < 4.78 is 2.76. The summed E-state index contributed by atoms with van der Waals surface area (Å²) in [4.78, 5) is 14.2. The molecule has 1 aromatic carbocycles. The molecule has 5 nitrogen and oxygen atoms in total. The van der Waals surface area contributed by atoms with Crippen molar-refractivity contribution in [2.45, 2.75) is 19.9 Å². The van der Waals surface area contributed by atoms with Crippen molar-refractivity contribution in [2.75, 3.05) is 16.8 Å². The summed E-state index contributed by atoms with van der Waals surface area (Å²) >= 11 is 3.43. The van der Waals surface area contributed by atoms with Gasteiger partial charge in [0.15, 0.2) is 0 Å². The molecule has 0 bridgehead atoms. The highest BCUT2D eigenvalue weighted by Gasteiger charge is 2.24. The van der Waals surface area contributed by atoms with Crippen LogP contribution in [0.4, 0.5) is 16.3 Å². The molecule has 0 unspecified atom stereocenters. The normalized spacial score (nSPS) is 14.0. The van der Waals surface area contributed by atoms with Gasteiger partial charge in [0.25, 0.3) is 0 Å². The number of hydrogen-bond donors (Lipinski definition) is 1. The maximum absolute atomic E-state index is 12.4. The van der Waals surface area contributed by atoms with Crippen LogP contribution >= 0.6 is 15.9 Å². The Morgan fingerprint density at radius 3 is 2.95 bits per heavy atom. The summed E-state index contributed by atoms with van der Waals surface area (Å²) in [5, 5.41) is 7.32. The van der Waals surface area contributed by atoms with E-state index in [1.807, 2.05) is 41.9 Å². The average molecular weight is 335 g/mol. The van der Waals surface area contributed by atoms with E-state index in [2.05, 4.69) is 26.3 Å². The molecule has 2 amide bonds. The number of amides is 2. The third kappa shape index (κ3) is 2.43. The molecule has 0 aliphatic carbocycles. The minimum atomic E-state index is -0.127. The lowest BCUT2D eigenvalue weighted by Gasteiger charge is -2.27. The number of carbonyl (C=O) groups excluding carboxylic acids is 1. The lowest BCUT2D eigenvalue weighted by Crippen LogP contribution is -2.40.